The van der Waals surface area contributed by atoms with Crippen molar-refractivity contribution in [2.75, 3.05) is 19.2 Å². The van der Waals surface area contributed by atoms with Gasteiger partial charge in [-0.05, 0) is 49.5 Å². The molecule has 0 saturated heterocycles. The van der Waals surface area contributed by atoms with E-state index in [2.05, 4.69) is 15.8 Å². The molecule has 0 amide bonds. The Labute approximate surface area is 145 Å². The first kappa shape index (κ1) is 16.1. The summed E-state index contributed by atoms with van der Waals surface area (Å²) in [5.74, 6) is 2.22. The second-order valence-corrected chi connectivity index (χ2v) is 5.47. The molecule has 0 aliphatic carbocycles. The first-order chi connectivity index (χ1) is 11.7. The Morgan fingerprint density at radius 1 is 1.17 bits per heavy atom. The van der Waals surface area contributed by atoms with Crippen LogP contribution in [0.5, 0.6) is 17.2 Å². The number of nitrogens with one attached hydrogen (secondary N) is 2. The molecule has 1 aliphatic rings. The molecule has 0 radical (unpaired) electrons. The van der Waals surface area contributed by atoms with E-state index in [1.165, 1.54) is 0 Å². The highest BCUT2D eigenvalue weighted by Crippen LogP contribution is 2.32. The van der Waals surface area contributed by atoms with E-state index in [1.54, 1.807) is 7.11 Å². The first-order valence-electron chi connectivity index (χ1n) is 7.31. The fourth-order valence-electron chi connectivity index (χ4n) is 2.18. The van der Waals surface area contributed by atoms with Gasteiger partial charge in [0.25, 0.3) is 0 Å². The smallest absolute Gasteiger partial charge is 0.231 e. The van der Waals surface area contributed by atoms with Crippen LogP contribution in [0.2, 0.25) is 0 Å². The molecule has 0 atom stereocenters. The number of benzene rings is 2. The van der Waals surface area contributed by atoms with Crippen molar-refractivity contribution in [1.82, 2.24) is 5.43 Å². The minimum absolute atomic E-state index is 0.252. The van der Waals surface area contributed by atoms with E-state index in [0.717, 1.165) is 34.2 Å². The highest BCUT2D eigenvalue weighted by molar-refractivity contribution is 7.80. The van der Waals surface area contributed by atoms with Gasteiger partial charge in [-0.25, -0.2) is 0 Å². The number of ether oxygens (including phenoxy) is 3. The monoisotopic (exact) mass is 343 g/mol. The molecule has 124 valence electrons. The lowest BCUT2D eigenvalue weighted by Gasteiger charge is -2.09. The third kappa shape index (κ3) is 3.75. The number of hydrazone groups is 1. The van der Waals surface area contributed by atoms with Gasteiger partial charge in [0.15, 0.2) is 16.6 Å². The lowest BCUT2D eigenvalue weighted by atomic mass is 10.1. The number of rotatable bonds is 4. The van der Waals surface area contributed by atoms with Gasteiger partial charge in [0, 0.05) is 17.3 Å². The zero-order valence-corrected chi connectivity index (χ0v) is 14.1. The van der Waals surface area contributed by atoms with Crippen molar-refractivity contribution in [1.29, 1.82) is 0 Å². The molecule has 0 unspecified atom stereocenters. The molecular weight excluding hydrogens is 326 g/mol. The first-order valence-corrected chi connectivity index (χ1v) is 7.72. The molecule has 1 heterocycles. The summed E-state index contributed by atoms with van der Waals surface area (Å²) in [5, 5.41) is 7.74. The van der Waals surface area contributed by atoms with Gasteiger partial charge in [-0.3, -0.25) is 5.43 Å². The number of hydrogen-bond donors (Lipinski definition) is 2. The zero-order chi connectivity index (χ0) is 16.9. The van der Waals surface area contributed by atoms with E-state index in [4.69, 9.17) is 26.4 Å². The number of hydrogen-bond acceptors (Lipinski definition) is 5. The summed E-state index contributed by atoms with van der Waals surface area (Å²) in [7, 11) is 1.62. The maximum Gasteiger partial charge on any atom is 0.231 e. The third-order valence-corrected chi connectivity index (χ3v) is 3.64. The topological polar surface area (TPSA) is 64.1 Å². The van der Waals surface area contributed by atoms with Crippen LogP contribution in [-0.2, 0) is 0 Å². The van der Waals surface area contributed by atoms with Crippen LogP contribution in [0.3, 0.4) is 0 Å². The van der Waals surface area contributed by atoms with Crippen LogP contribution in [-0.4, -0.2) is 24.7 Å². The van der Waals surface area contributed by atoms with E-state index in [0.29, 0.717) is 5.11 Å². The van der Waals surface area contributed by atoms with Crippen LogP contribution in [0, 0.1) is 0 Å². The van der Waals surface area contributed by atoms with Crippen molar-refractivity contribution in [2.45, 2.75) is 6.92 Å². The van der Waals surface area contributed by atoms with Gasteiger partial charge in [0.1, 0.15) is 5.75 Å². The lowest BCUT2D eigenvalue weighted by molar-refractivity contribution is 0.174. The van der Waals surface area contributed by atoms with Gasteiger partial charge in [-0.1, -0.05) is 6.07 Å². The predicted molar refractivity (Wildman–Crippen MR) is 97.1 cm³/mol. The second kappa shape index (κ2) is 7.18. The van der Waals surface area contributed by atoms with Gasteiger partial charge < -0.3 is 19.5 Å². The largest absolute Gasteiger partial charge is 0.497 e. The minimum atomic E-state index is 0.252. The summed E-state index contributed by atoms with van der Waals surface area (Å²) < 4.78 is 15.8. The minimum Gasteiger partial charge on any atom is -0.497 e. The Hall–Kier alpha value is -2.80. The average Bonchev–Trinajstić information content (AvgIpc) is 3.07. The van der Waals surface area contributed by atoms with Crippen molar-refractivity contribution in [3.05, 3.63) is 48.0 Å². The van der Waals surface area contributed by atoms with Gasteiger partial charge in [0.2, 0.25) is 6.79 Å². The molecule has 2 aromatic rings. The number of nitrogens with zero attached hydrogens (tertiary/aromatic N) is 1. The van der Waals surface area contributed by atoms with E-state index < -0.39 is 0 Å². The van der Waals surface area contributed by atoms with Gasteiger partial charge in [-0.2, -0.15) is 5.10 Å². The Morgan fingerprint density at radius 2 is 2.00 bits per heavy atom. The van der Waals surface area contributed by atoms with Crippen LogP contribution in [0.1, 0.15) is 12.5 Å². The number of thiocarbonyl (C=S) groups is 1. The molecule has 1 aliphatic heterocycles. The van der Waals surface area contributed by atoms with Crippen LogP contribution < -0.4 is 25.0 Å². The van der Waals surface area contributed by atoms with E-state index in [9.17, 15) is 0 Å². The molecular formula is C17H17N3O3S. The molecule has 2 aromatic carbocycles. The van der Waals surface area contributed by atoms with Gasteiger partial charge in [-0.15, -0.1) is 0 Å². The zero-order valence-electron chi connectivity index (χ0n) is 13.3. The standard InChI is InChI=1S/C17H17N3O3S/c1-11(12-6-7-15-16(8-12)23-10-22-15)19-20-17(24)18-13-4-3-5-14(9-13)21-2/h3-9H,10H2,1-2H3,(H2,18,20,24)/b19-11+. The Kier molecular flexibility index (Phi) is 4.81. The van der Waals surface area contributed by atoms with Crippen molar-refractivity contribution in [3.8, 4) is 17.2 Å². The second-order valence-electron chi connectivity index (χ2n) is 5.06. The summed E-state index contributed by atoms with van der Waals surface area (Å²) in [6.07, 6.45) is 0. The van der Waals surface area contributed by atoms with Crippen LogP contribution in [0.4, 0.5) is 5.69 Å². The molecule has 24 heavy (non-hydrogen) atoms. The fourth-order valence-corrected chi connectivity index (χ4v) is 2.34. The van der Waals surface area contributed by atoms with E-state index in [-0.39, 0.29) is 6.79 Å². The summed E-state index contributed by atoms with van der Waals surface area (Å²) in [4.78, 5) is 0. The normalized spacial score (nSPS) is 12.7. The average molecular weight is 343 g/mol. The maximum absolute atomic E-state index is 5.37. The summed E-state index contributed by atoms with van der Waals surface area (Å²) in [5.41, 5.74) is 5.36. The molecule has 6 nitrogen and oxygen atoms in total. The molecule has 7 heteroatoms. The predicted octanol–water partition coefficient (Wildman–Crippen LogP) is 3.13. The highest BCUT2D eigenvalue weighted by Gasteiger charge is 2.14. The number of fused-ring (bicyclic) bond motifs is 1. The third-order valence-electron chi connectivity index (χ3n) is 3.44. The Bertz CT molecular complexity index is 792. The van der Waals surface area contributed by atoms with E-state index in [1.807, 2.05) is 49.4 Å². The molecule has 0 bridgehead atoms. The van der Waals surface area contributed by atoms with Crippen molar-refractivity contribution in [3.63, 3.8) is 0 Å². The number of anilines is 1. The SMILES string of the molecule is COc1cccc(NC(=S)N/N=C(\C)c2ccc3c(c2)OCO3)c1. The molecule has 0 saturated carbocycles. The highest BCUT2D eigenvalue weighted by atomic mass is 32.1. The summed E-state index contributed by atoms with van der Waals surface area (Å²) in [6, 6.07) is 13.2. The van der Waals surface area contributed by atoms with E-state index >= 15 is 0 Å². The van der Waals surface area contributed by atoms with Crippen LogP contribution in [0.15, 0.2) is 47.6 Å². The quantitative estimate of drug-likeness (QED) is 0.505. The molecule has 3 rings (SSSR count). The van der Waals surface area contributed by atoms with Crippen molar-refractivity contribution in [2.24, 2.45) is 5.10 Å². The van der Waals surface area contributed by atoms with Crippen LogP contribution in [0.25, 0.3) is 0 Å². The van der Waals surface area contributed by atoms with Crippen LogP contribution >= 0.6 is 12.2 Å². The Balaban J connectivity index is 1.62. The van der Waals surface area contributed by atoms with Crippen molar-refractivity contribution < 1.29 is 14.2 Å². The van der Waals surface area contributed by atoms with Gasteiger partial charge >= 0.3 is 0 Å². The van der Waals surface area contributed by atoms with Crippen molar-refractivity contribution >= 4 is 28.7 Å². The molecule has 0 spiro atoms. The lowest BCUT2D eigenvalue weighted by Crippen LogP contribution is -2.24. The Morgan fingerprint density at radius 3 is 2.83 bits per heavy atom. The number of methoxy groups -OCH3 is 1. The molecule has 0 fully saturated rings. The molecule has 2 N–H and O–H groups in total. The fraction of sp³-hybridized carbons (Fsp3) is 0.176. The summed E-state index contributed by atoms with van der Waals surface area (Å²) in [6.45, 7) is 2.14. The van der Waals surface area contributed by atoms with Gasteiger partial charge in [0.05, 0.1) is 12.8 Å². The summed E-state index contributed by atoms with van der Waals surface area (Å²) >= 11 is 5.25. The maximum atomic E-state index is 5.37. The molecule has 0 aromatic heterocycles.